The lowest BCUT2D eigenvalue weighted by Crippen LogP contribution is -2.35. The molecular weight excluding hydrogens is 618 g/mol. The van der Waals surface area contributed by atoms with Gasteiger partial charge < -0.3 is 19.1 Å². The van der Waals surface area contributed by atoms with Gasteiger partial charge >= 0.3 is 12.1 Å². The SMILES string of the molecule is COC(Cn1c(Cc2cc(F)c(-c3cccc(OCc4ccc(C#N)cc4F)n3)cc2F)nc2ccc(C(=O)O)cc21)C(F)(F)F. The monoisotopic (exact) mass is 640 g/mol. The lowest BCUT2D eigenvalue weighted by molar-refractivity contribution is -0.216. The third-order valence-corrected chi connectivity index (χ3v) is 7.11. The number of aromatic nitrogens is 3. The largest absolute Gasteiger partial charge is 0.478 e. The summed E-state index contributed by atoms with van der Waals surface area (Å²) in [6.07, 6.45) is -7.52. The summed E-state index contributed by atoms with van der Waals surface area (Å²) >= 11 is 0. The number of methoxy groups -OCH3 is 1. The summed E-state index contributed by atoms with van der Waals surface area (Å²) in [7, 11) is 0.868. The number of alkyl halides is 3. The van der Waals surface area contributed by atoms with Gasteiger partial charge in [-0.15, -0.1) is 0 Å². The minimum atomic E-state index is -4.78. The number of imidazole rings is 1. The quantitative estimate of drug-likeness (QED) is 0.167. The van der Waals surface area contributed by atoms with Gasteiger partial charge in [0, 0.05) is 30.7 Å². The topological polar surface area (TPSA) is 110 Å². The standard InChI is InChI=1S/C32H22F6N4O4/c1-45-28(32(36,37)38)15-42-27-11-18(31(43)44)7-8-26(27)40-29(42)12-20-10-24(35)21(13-23(20)34)25-3-2-4-30(41-25)46-16-19-6-5-17(14-39)9-22(19)33/h2-11,13,28H,12,15-16H2,1H3,(H,43,44). The third kappa shape index (κ3) is 6.79. The van der Waals surface area contributed by atoms with Crippen molar-refractivity contribution in [3.05, 3.63) is 112 Å². The minimum Gasteiger partial charge on any atom is -0.478 e. The lowest BCUT2D eigenvalue weighted by Gasteiger charge is -2.21. The highest BCUT2D eigenvalue weighted by atomic mass is 19.4. The van der Waals surface area contributed by atoms with Gasteiger partial charge in [-0.3, -0.25) is 0 Å². The van der Waals surface area contributed by atoms with Crippen molar-refractivity contribution < 1.29 is 45.7 Å². The molecule has 0 radical (unpaired) electrons. The molecule has 0 aliphatic carbocycles. The Kier molecular flexibility index (Phi) is 8.97. The van der Waals surface area contributed by atoms with Crippen LogP contribution >= 0.6 is 0 Å². The fourth-order valence-corrected chi connectivity index (χ4v) is 4.74. The smallest absolute Gasteiger partial charge is 0.416 e. The molecule has 2 heterocycles. The van der Waals surface area contributed by atoms with E-state index >= 15 is 8.78 Å². The third-order valence-electron chi connectivity index (χ3n) is 7.11. The van der Waals surface area contributed by atoms with Gasteiger partial charge in [-0.25, -0.2) is 27.9 Å². The second-order valence-electron chi connectivity index (χ2n) is 10.1. The molecule has 1 unspecified atom stereocenters. The highest BCUT2D eigenvalue weighted by Crippen LogP contribution is 2.30. The van der Waals surface area contributed by atoms with E-state index in [0.29, 0.717) is 0 Å². The normalized spacial score (nSPS) is 12.2. The van der Waals surface area contributed by atoms with E-state index in [2.05, 4.69) is 14.7 Å². The van der Waals surface area contributed by atoms with Gasteiger partial charge in [0.2, 0.25) is 5.88 Å². The van der Waals surface area contributed by atoms with Gasteiger partial charge in [0.1, 0.15) is 29.9 Å². The maximum atomic E-state index is 15.4. The molecule has 8 nitrogen and oxygen atoms in total. The van der Waals surface area contributed by atoms with Crippen molar-refractivity contribution in [1.82, 2.24) is 14.5 Å². The van der Waals surface area contributed by atoms with Crippen LogP contribution in [0.2, 0.25) is 0 Å². The van der Waals surface area contributed by atoms with Crippen LogP contribution in [-0.4, -0.2) is 45.0 Å². The first-order valence-corrected chi connectivity index (χ1v) is 13.5. The summed E-state index contributed by atoms with van der Waals surface area (Å²) in [5.74, 6) is -3.89. The first-order chi connectivity index (χ1) is 21.9. The van der Waals surface area contributed by atoms with E-state index in [4.69, 9.17) is 10.00 Å². The van der Waals surface area contributed by atoms with E-state index in [0.717, 1.165) is 35.9 Å². The number of halogens is 6. The summed E-state index contributed by atoms with van der Waals surface area (Å²) in [6.45, 7) is -1.07. The molecule has 1 atom stereocenters. The van der Waals surface area contributed by atoms with Crippen molar-refractivity contribution in [3.8, 4) is 23.2 Å². The molecular formula is C32H22F6N4O4. The Morgan fingerprint density at radius 2 is 1.74 bits per heavy atom. The number of benzene rings is 3. The van der Waals surface area contributed by atoms with Gasteiger partial charge in [0.25, 0.3) is 0 Å². The number of hydrogen-bond acceptors (Lipinski definition) is 6. The molecule has 3 aromatic carbocycles. The van der Waals surface area contributed by atoms with Crippen LogP contribution in [-0.2, 0) is 24.3 Å². The Morgan fingerprint density at radius 1 is 0.978 bits per heavy atom. The molecule has 46 heavy (non-hydrogen) atoms. The summed E-state index contributed by atoms with van der Waals surface area (Å²) in [5, 5.41) is 18.3. The van der Waals surface area contributed by atoms with E-state index < -0.39 is 48.7 Å². The van der Waals surface area contributed by atoms with Gasteiger partial charge in [-0.1, -0.05) is 12.1 Å². The second-order valence-corrected chi connectivity index (χ2v) is 10.1. The Bertz CT molecular complexity index is 1990. The van der Waals surface area contributed by atoms with Crippen molar-refractivity contribution in [1.29, 1.82) is 5.26 Å². The van der Waals surface area contributed by atoms with Gasteiger partial charge in [0.15, 0.2) is 6.10 Å². The Morgan fingerprint density at radius 3 is 2.41 bits per heavy atom. The summed E-state index contributed by atoms with van der Waals surface area (Å²) in [6, 6.07) is 15.4. The highest BCUT2D eigenvalue weighted by Gasteiger charge is 2.41. The van der Waals surface area contributed by atoms with E-state index in [-0.39, 0.29) is 62.9 Å². The fourth-order valence-electron chi connectivity index (χ4n) is 4.74. The van der Waals surface area contributed by atoms with Gasteiger partial charge in [0.05, 0.1) is 40.5 Å². The van der Waals surface area contributed by atoms with Crippen LogP contribution < -0.4 is 4.74 Å². The predicted molar refractivity (Wildman–Crippen MR) is 151 cm³/mol. The van der Waals surface area contributed by atoms with Crippen molar-refractivity contribution in [2.24, 2.45) is 0 Å². The molecule has 2 aromatic heterocycles. The molecule has 14 heteroatoms. The number of rotatable bonds is 10. The van der Waals surface area contributed by atoms with Gasteiger partial charge in [-0.2, -0.15) is 18.4 Å². The average Bonchev–Trinajstić information content (AvgIpc) is 3.35. The first kappa shape index (κ1) is 32.0. The highest BCUT2D eigenvalue weighted by molar-refractivity contribution is 5.92. The number of carbonyl (C=O) groups is 1. The van der Waals surface area contributed by atoms with Gasteiger partial charge in [-0.05, 0) is 54.1 Å². The fraction of sp³-hybridized carbons (Fsp3) is 0.188. The molecule has 0 saturated heterocycles. The summed E-state index contributed by atoms with van der Waals surface area (Å²) in [4.78, 5) is 20.0. The molecule has 5 rings (SSSR count). The Hall–Kier alpha value is -5.42. The predicted octanol–water partition coefficient (Wildman–Crippen LogP) is 6.83. The number of carboxylic acids is 1. The molecule has 236 valence electrons. The number of nitrogens with zero attached hydrogens (tertiary/aromatic N) is 4. The van der Waals surface area contributed by atoms with Crippen LogP contribution in [0.1, 0.15) is 32.9 Å². The number of aromatic carboxylic acids is 1. The first-order valence-electron chi connectivity index (χ1n) is 13.5. The van der Waals surface area contributed by atoms with Crippen molar-refractivity contribution in [2.75, 3.05) is 7.11 Å². The second kappa shape index (κ2) is 12.9. The molecule has 0 spiro atoms. The average molecular weight is 641 g/mol. The van der Waals surface area contributed by atoms with Crippen LogP contribution in [0, 0.1) is 28.8 Å². The molecule has 0 aliphatic rings. The zero-order chi connectivity index (χ0) is 33.2. The van der Waals surface area contributed by atoms with E-state index in [1.807, 2.05) is 6.07 Å². The summed E-state index contributed by atoms with van der Waals surface area (Å²) in [5.41, 5.74) is -0.228. The van der Waals surface area contributed by atoms with E-state index in [1.165, 1.54) is 42.5 Å². The van der Waals surface area contributed by atoms with Crippen molar-refractivity contribution >= 4 is 17.0 Å². The molecule has 5 aromatic rings. The number of fused-ring (bicyclic) bond motifs is 1. The van der Waals surface area contributed by atoms with Crippen LogP contribution in [0.4, 0.5) is 26.3 Å². The van der Waals surface area contributed by atoms with Crippen molar-refractivity contribution in [2.45, 2.75) is 31.9 Å². The number of pyridine rings is 1. The minimum absolute atomic E-state index is 0.0118. The zero-order valence-electron chi connectivity index (χ0n) is 23.8. The Labute approximate surface area is 257 Å². The molecule has 0 aliphatic heterocycles. The van der Waals surface area contributed by atoms with Crippen LogP contribution in [0.5, 0.6) is 5.88 Å². The molecule has 1 N–H and O–H groups in total. The van der Waals surface area contributed by atoms with Crippen LogP contribution in [0.3, 0.4) is 0 Å². The van der Waals surface area contributed by atoms with Crippen molar-refractivity contribution in [3.63, 3.8) is 0 Å². The molecule has 0 bridgehead atoms. The van der Waals surface area contributed by atoms with Crippen LogP contribution in [0.15, 0.2) is 66.7 Å². The maximum Gasteiger partial charge on any atom is 0.416 e. The summed E-state index contributed by atoms with van der Waals surface area (Å²) < 4.78 is 97.1. The number of hydrogen-bond donors (Lipinski definition) is 1. The lowest BCUT2D eigenvalue weighted by atomic mass is 10.0. The van der Waals surface area contributed by atoms with E-state index in [9.17, 15) is 27.5 Å². The maximum absolute atomic E-state index is 15.4. The number of ether oxygens (including phenoxy) is 2. The van der Waals surface area contributed by atoms with E-state index in [1.54, 1.807) is 0 Å². The van der Waals surface area contributed by atoms with Crippen LogP contribution in [0.25, 0.3) is 22.3 Å². The zero-order valence-corrected chi connectivity index (χ0v) is 23.8. The number of carboxylic acid groups (broad SMARTS) is 1. The molecule has 0 amide bonds. The number of nitriles is 1. The molecule has 0 fully saturated rings. The molecule has 0 saturated carbocycles. The Balaban J connectivity index is 1.44.